The van der Waals surface area contributed by atoms with Crippen LogP contribution in [-0.4, -0.2) is 15.0 Å². The summed E-state index contributed by atoms with van der Waals surface area (Å²) in [6, 6.07) is 48.9. The smallest absolute Gasteiger partial charge is 0.167 e. The first-order valence-electron chi connectivity index (χ1n) is 17.8. The lowest BCUT2D eigenvalue weighted by molar-refractivity contribution is 0.332. The van der Waals surface area contributed by atoms with Gasteiger partial charge in [-0.2, -0.15) is 0 Å². The molecule has 0 amide bonds. The third kappa shape index (κ3) is 5.52. The maximum Gasteiger partial charge on any atom is 0.167 e. The molecule has 0 spiro atoms. The van der Waals surface area contributed by atoms with Gasteiger partial charge in [0.05, 0.1) is 5.56 Å². The minimum Gasteiger partial charge on any atom is -0.455 e. The molecular weight excluding hydrogens is 623 g/mol. The Morgan fingerprint density at radius 1 is 0.431 bits per heavy atom. The molecule has 4 nitrogen and oxygen atoms in total. The van der Waals surface area contributed by atoms with E-state index in [4.69, 9.17) is 19.4 Å². The fourth-order valence-corrected chi connectivity index (χ4v) is 7.75. The van der Waals surface area contributed by atoms with Crippen molar-refractivity contribution >= 4 is 21.9 Å². The van der Waals surface area contributed by atoms with Gasteiger partial charge in [0.2, 0.25) is 0 Å². The fraction of sp³-hybridized carbons (Fsp3) is 0.170. The molecule has 0 aliphatic heterocycles. The first-order chi connectivity index (χ1) is 24.7. The highest BCUT2D eigenvalue weighted by Crippen LogP contribution is 2.47. The van der Waals surface area contributed by atoms with Crippen LogP contribution in [0.4, 0.5) is 0 Å². The van der Waals surface area contributed by atoms with Gasteiger partial charge in [-0.1, -0.05) is 137 Å². The molecule has 9 rings (SSSR count). The van der Waals surface area contributed by atoms with Gasteiger partial charge >= 0.3 is 0 Å². The van der Waals surface area contributed by atoms with E-state index in [1.54, 1.807) is 0 Å². The number of furan rings is 1. The van der Waals surface area contributed by atoms with Gasteiger partial charge in [0.15, 0.2) is 17.5 Å². The van der Waals surface area contributed by atoms with Gasteiger partial charge in [-0.25, -0.2) is 15.0 Å². The summed E-state index contributed by atoms with van der Waals surface area (Å²) in [4.78, 5) is 15.4. The van der Waals surface area contributed by atoms with Gasteiger partial charge in [0, 0.05) is 21.9 Å². The number of hydrogen-bond donors (Lipinski definition) is 0. The van der Waals surface area contributed by atoms with E-state index in [2.05, 4.69) is 113 Å². The van der Waals surface area contributed by atoms with Crippen LogP contribution in [-0.2, 0) is 10.8 Å². The third-order valence-corrected chi connectivity index (χ3v) is 10.8. The van der Waals surface area contributed by atoms with Crippen LogP contribution in [0.15, 0.2) is 144 Å². The summed E-state index contributed by atoms with van der Waals surface area (Å²) in [7, 11) is 0. The molecule has 1 aliphatic rings. The van der Waals surface area contributed by atoms with Gasteiger partial charge in [0.25, 0.3) is 0 Å². The van der Waals surface area contributed by atoms with Crippen molar-refractivity contribution in [3.05, 3.63) is 151 Å². The monoisotopic (exact) mass is 661 g/mol. The maximum atomic E-state index is 6.46. The topological polar surface area (TPSA) is 51.8 Å². The number of hydrogen-bond acceptors (Lipinski definition) is 4. The highest BCUT2D eigenvalue weighted by Gasteiger charge is 2.37. The highest BCUT2D eigenvalue weighted by atomic mass is 16.3. The zero-order valence-electron chi connectivity index (χ0n) is 29.4. The van der Waals surface area contributed by atoms with Crippen LogP contribution in [0.2, 0.25) is 0 Å². The molecule has 0 N–H and O–H groups in total. The van der Waals surface area contributed by atoms with Crippen LogP contribution < -0.4 is 0 Å². The second-order valence-electron chi connectivity index (χ2n) is 15.1. The predicted octanol–water partition coefficient (Wildman–Crippen LogP) is 12.5. The van der Waals surface area contributed by atoms with Crippen LogP contribution in [0.1, 0.15) is 51.7 Å². The van der Waals surface area contributed by atoms with Crippen molar-refractivity contribution < 1.29 is 4.42 Å². The molecule has 4 heteroatoms. The Morgan fingerprint density at radius 3 is 1.75 bits per heavy atom. The van der Waals surface area contributed by atoms with Gasteiger partial charge in [-0.05, 0) is 87.4 Å². The molecule has 6 aromatic carbocycles. The van der Waals surface area contributed by atoms with Crippen LogP contribution in [0.3, 0.4) is 0 Å². The summed E-state index contributed by atoms with van der Waals surface area (Å²) in [5.41, 5.74) is 12.0. The molecule has 1 aliphatic carbocycles. The standard InChI is InChI=1S/C47H39N3O/c1-46(2)24-25-47(3,4)40-29-32(22-23-39(40)46)34-26-33(30-14-7-5-8-15-30)27-35(28-34)44-48-43(31-16-9-6-10-17-31)49-45(50-44)38-20-13-19-37-36-18-11-12-21-41(36)51-42(37)38/h5-23,26-29H,24-25H2,1-4H3. The van der Waals surface area contributed by atoms with Gasteiger partial charge in [0.1, 0.15) is 11.2 Å². The normalized spacial score (nSPS) is 14.8. The Labute approximate surface area is 298 Å². The number of aromatic nitrogens is 3. The molecule has 248 valence electrons. The molecule has 0 atom stereocenters. The summed E-state index contributed by atoms with van der Waals surface area (Å²) < 4.78 is 6.46. The van der Waals surface area contributed by atoms with E-state index in [9.17, 15) is 0 Å². The first kappa shape index (κ1) is 31.1. The number of benzene rings is 6. The van der Waals surface area contributed by atoms with E-state index >= 15 is 0 Å². The third-order valence-electron chi connectivity index (χ3n) is 10.8. The van der Waals surface area contributed by atoms with E-state index in [-0.39, 0.29) is 10.8 Å². The van der Waals surface area contributed by atoms with E-state index in [1.807, 2.05) is 54.6 Å². The van der Waals surface area contributed by atoms with Crippen LogP contribution in [0, 0.1) is 0 Å². The Kier molecular flexibility index (Phi) is 7.25. The number of para-hydroxylation sites is 2. The van der Waals surface area contributed by atoms with Crippen LogP contribution in [0.25, 0.3) is 78.4 Å². The zero-order chi connectivity index (χ0) is 34.7. The summed E-state index contributed by atoms with van der Waals surface area (Å²) >= 11 is 0. The Balaban J connectivity index is 1.28. The minimum absolute atomic E-state index is 0.103. The van der Waals surface area contributed by atoms with E-state index in [0.717, 1.165) is 55.3 Å². The minimum atomic E-state index is 0.103. The van der Waals surface area contributed by atoms with Crippen LogP contribution >= 0.6 is 0 Å². The Morgan fingerprint density at radius 2 is 1.00 bits per heavy atom. The lowest BCUT2D eigenvalue weighted by Crippen LogP contribution is -2.33. The van der Waals surface area contributed by atoms with Gasteiger partial charge in [-0.3, -0.25) is 0 Å². The molecule has 2 aromatic heterocycles. The molecular formula is C47H39N3O. The Hall–Kier alpha value is -5.87. The molecule has 8 aromatic rings. The van der Waals surface area contributed by atoms with Crippen molar-refractivity contribution in [3.8, 4) is 56.4 Å². The van der Waals surface area contributed by atoms with E-state index in [0.29, 0.717) is 17.5 Å². The molecule has 0 unspecified atom stereocenters. The second-order valence-corrected chi connectivity index (χ2v) is 15.1. The van der Waals surface area contributed by atoms with Gasteiger partial charge in [-0.15, -0.1) is 0 Å². The molecule has 0 saturated heterocycles. The summed E-state index contributed by atoms with van der Waals surface area (Å²) in [6.45, 7) is 9.53. The molecule has 0 radical (unpaired) electrons. The largest absolute Gasteiger partial charge is 0.455 e. The van der Waals surface area contributed by atoms with Crippen molar-refractivity contribution in [2.45, 2.75) is 51.4 Å². The lowest BCUT2D eigenvalue weighted by Gasteiger charge is -2.42. The van der Waals surface area contributed by atoms with Crippen molar-refractivity contribution in [1.82, 2.24) is 15.0 Å². The van der Waals surface area contributed by atoms with Crippen LogP contribution in [0.5, 0.6) is 0 Å². The molecule has 2 heterocycles. The molecule has 0 bridgehead atoms. The van der Waals surface area contributed by atoms with Crippen molar-refractivity contribution in [2.24, 2.45) is 0 Å². The van der Waals surface area contributed by atoms with Crippen molar-refractivity contribution in [3.63, 3.8) is 0 Å². The maximum absolute atomic E-state index is 6.46. The average molecular weight is 662 g/mol. The molecule has 51 heavy (non-hydrogen) atoms. The van der Waals surface area contributed by atoms with Gasteiger partial charge < -0.3 is 4.42 Å². The lowest BCUT2D eigenvalue weighted by atomic mass is 9.63. The summed E-state index contributed by atoms with van der Waals surface area (Å²) in [6.07, 6.45) is 2.35. The number of nitrogens with zero attached hydrogens (tertiary/aromatic N) is 3. The predicted molar refractivity (Wildman–Crippen MR) is 210 cm³/mol. The summed E-state index contributed by atoms with van der Waals surface area (Å²) in [5, 5.41) is 2.11. The fourth-order valence-electron chi connectivity index (χ4n) is 7.75. The average Bonchev–Trinajstić information content (AvgIpc) is 3.56. The number of rotatable bonds is 5. The SMILES string of the molecule is CC1(C)CCC(C)(C)c2cc(-c3cc(-c4ccccc4)cc(-c4nc(-c5ccccc5)nc(-c5cccc6c5oc5ccccc56)n4)c3)ccc21. The van der Waals surface area contributed by atoms with Crippen molar-refractivity contribution in [1.29, 1.82) is 0 Å². The first-order valence-corrected chi connectivity index (χ1v) is 17.8. The van der Waals surface area contributed by atoms with E-state index in [1.165, 1.54) is 29.5 Å². The number of fused-ring (bicyclic) bond motifs is 4. The van der Waals surface area contributed by atoms with E-state index < -0.39 is 0 Å². The second kappa shape index (κ2) is 11.9. The zero-order valence-corrected chi connectivity index (χ0v) is 29.4. The summed E-state index contributed by atoms with van der Waals surface area (Å²) in [5.74, 6) is 1.81. The Bertz CT molecular complexity index is 2580. The highest BCUT2D eigenvalue weighted by molar-refractivity contribution is 6.09. The molecule has 0 fully saturated rings. The molecule has 0 saturated carbocycles. The van der Waals surface area contributed by atoms with Crippen molar-refractivity contribution in [2.75, 3.05) is 0 Å². The quantitative estimate of drug-likeness (QED) is 0.184.